The van der Waals surface area contributed by atoms with Gasteiger partial charge < -0.3 is 9.80 Å². The van der Waals surface area contributed by atoms with Crippen LogP contribution in [-0.2, 0) is 4.79 Å². The summed E-state index contributed by atoms with van der Waals surface area (Å²) in [6, 6.07) is 7.57. The van der Waals surface area contributed by atoms with Crippen LogP contribution in [0, 0.1) is 0 Å². The summed E-state index contributed by atoms with van der Waals surface area (Å²) in [4.78, 5) is 29.8. The van der Waals surface area contributed by atoms with Crippen molar-refractivity contribution in [1.29, 1.82) is 0 Å². The van der Waals surface area contributed by atoms with Crippen molar-refractivity contribution in [2.45, 2.75) is 13.0 Å². The lowest BCUT2D eigenvalue weighted by Crippen LogP contribution is -2.64. The van der Waals surface area contributed by atoms with E-state index in [1.54, 1.807) is 19.1 Å². The summed E-state index contributed by atoms with van der Waals surface area (Å²) >= 11 is 6.08. The molecule has 0 saturated carbocycles. The summed E-state index contributed by atoms with van der Waals surface area (Å²) in [6.07, 6.45) is 0. The lowest BCUT2D eigenvalue weighted by molar-refractivity contribution is -0.131. The van der Waals surface area contributed by atoms with Crippen LogP contribution in [0.5, 0.6) is 0 Å². The monoisotopic (exact) mass is 321 g/mol. The highest BCUT2D eigenvalue weighted by molar-refractivity contribution is 6.33. The van der Waals surface area contributed by atoms with Crippen molar-refractivity contribution in [3.8, 4) is 0 Å². The lowest BCUT2D eigenvalue weighted by Gasteiger charge is -2.48. The van der Waals surface area contributed by atoms with E-state index in [0.29, 0.717) is 16.6 Å². The maximum Gasteiger partial charge on any atom is 0.255 e. The normalized spacial score (nSPS) is 19.9. The first-order valence-electron chi connectivity index (χ1n) is 7.59. The highest BCUT2D eigenvalue weighted by Crippen LogP contribution is 2.23. The number of amides is 2. The van der Waals surface area contributed by atoms with Crippen LogP contribution >= 0.6 is 11.6 Å². The second kappa shape index (κ2) is 6.26. The lowest BCUT2D eigenvalue weighted by atomic mass is 10.0. The zero-order valence-electron chi connectivity index (χ0n) is 12.7. The number of carbonyl (C=O) groups is 2. The van der Waals surface area contributed by atoms with Crippen LogP contribution in [0.4, 0.5) is 0 Å². The van der Waals surface area contributed by atoms with Crippen LogP contribution in [0.25, 0.3) is 0 Å². The maximum atomic E-state index is 12.4. The van der Waals surface area contributed by atoms with Gasteiger partial charge in [0.15, 0.2) is 0 Å². The van der Waals surface area contributed by atoms with E-state index in [1.807, 2.05) is 21.9 Å². The van der Waals surface area contributed by atoms with Crippen molar-refractivity contribution in [3.05, 3.63) is 34.9 Å². The number of carbonyl (C=O) groups excluding carboxylic acids is 2. The van der Waals surface area contributed by atoms with Gasteiger partial charge in [-0.15, -0.1) is 0 Å². The van der Waals surface area contributed by atoms with Gasteiger partial charge in [0.2, 0.25) is 5.91 Å². The number of likely N-dealkylation sites (tertiary alicyclic amines) is 1. The van der Waals surface area contributed by atoms with E-state index < -0.39 is 0 Å². The van der Waals surface area contributed by atoms with Crippen molar-refractivity contribution in [2.75, 3.05) is 39.3 Å². The van der Waals surface area contributed by atoms with Crippen LogP contribution < -0.4 is 0 Å². The van der Waals surface area contributed by atoms with Crippen LogP contribution in [0.2, 0.25) is 5.02 Å². The van der Waals surface area contributed by atoms with E-state index in [4.69, 9.17) is 11.6 Å². The third-order valence-corrected chi connectivity index (χ3v) is 4.86. The molecule has 0 aromatic heterocycles. The molecule has 2 saturated heterocycles. The predicted octanol–water partition coefficient (Wildman–Crippen LogP) is 1.33. The summed E-state index contributed by atoms with van der Waals surface area (Å²) in [7, 11) is 0. The molecule has 5 nitrogen and oxygen atoms in total. The molecule has 0 unspecified atom stereocenters. The van der Waals surface area contributed by atoms with Gasteiger partial charge in [-0.05, 0) is 12.1 Å². The quantitative estimate of drug-likeness (QED) is 0.825. The first-order chi connectivity index (χ1) is 10.6. The second-order valence-corrected chi connectivity index (χ2v) is 6.29. The number of piperazine rings is 1. The average molecular weight is 322 g/mol. The average Bonchev–Trinajstić information content (AvgIpc) is 2.46. The van der Waals surface area contributed by atoms with Crippen LogP contribution in [-0.4, -0.2) is 71.8 Å². The molecule has 0 spiro atoms. The van der Waals surface area contributed by atoms with Gasteiger partial charge in [0.05, 0.1) is 10.6 Å². The molecule has 2 amide bonds. The first kappa shape index (κ1) is 15.3. The van der Waals surface area contributed by atoms with Crippen molar-refractivity contribution in [1.82, 2.24) is 14.7 Å². The maximum absolute atomic E-state index is 12.4. The van der Waals surface area contributed by atoms with Gasteiger partial charge in [-0.1, -0.05) is 23.7 Å². The summed E-state index contributed by atoms with van der Waals surface area (Å²) < 4.78 is 0. The molecule has 1 aromatic carbocycles. The molecular formula is C16H20ClN3O2. The molecule has 1 aromatic rings. The third kappa shape index (κ3) is 2.96. The standard InChI is InChI=1S/C16H20ClN3O2/c1-12(21)18-6-8-19(9-7-18)13-10-20(11-13)16(22)14-4-2-3-5-15(14)17/h2-5,13H,6-11H2,1H3. The molecular weight excluding hydrogens is 302 g/mol. The SMILES string of the molecule is CC(=O)N1CCN(C2CN(C(=O)c3ccccc3Cl)C2)CC1. The Morgan fingerprint density at radius 1 is 1.05 bits per heavy atom. The van der Waals surface area contributed by atoms with Crippen molar-refractivity contribution >= 4 is 23.4 Å². The molecule has 2 aliphatic heterocycles. The van der Waals surface area contributed by atoms with Gasteiger partial charge in [-0.25, -0.2) is 0 Å². The van der Waals surface area contributed by atoms with E-state index >= 15 is 0 Å². The van der Waals surface area contributed by atoms with Crippen molar-refractivity contribution < 1.29 is 9.59 Å². The Bertz CT molecular complexity index is 579. The number of hydrogen-bond acceptors (Lipinski definition) is 3. The zero-order valence-corrected chi connectivity index (χ0v) is 13.4. The second-order valence-electron chi connectivity index (χ2n) is 5.89. The Labute approximate surface area is 135 Å². The Morgan fingerprint density at radius 2 is 1.68 bits per heavy atom. The molecule has 3 rings (SSSR count). The molecule has 0 aliphatic carbocycles. The summed E-state index contributed by atoms with van der Waals surface area (Å²) in [5, 5.41) is 0.506. The molecule has 2 fully saturated rings. The number of benzene rings is 1. The fourth-order valence-electron chi connectivity index (χ4n) is 3.06. The van der Waals surface area contributed by atoms with E-state index in [2.05, 4.69) is 4.90 Å². The fraction of sp³-hybridized carbons (Fsp3) is 0.500. The van der Waals surface area contributed by atoms with E-state index in [1.165, 1.54) is 0 Å². The van der Waals surface area contributed by atoms with Crippen molar-refractivity contribution in [3.63, 3.8) is 0 Å². The van der Waals surface area contributed by atoms with Gasteiger partial charge in [0.1, 0.15) is 0 Å². The number of rotatable bonds is 2. The Kier molecular flexibility index (Phi) is 4.36. The summed E-state index contributed by atoms with van der Waals surface area (Å²) in [5.41, 5.74) is 0.573. The third-order valence-electron chi connectivity index (χ3n) is 4.53. The molecule has 6 heteroatoms. The first-order valence-corrected chi connectivity index (χ1v) is 7.97. The highest BCUT2D eigenvalue weighted by Gasteiger charge is 2.36. The van der Waals surface area contributed by atoms with Gasteiger partial charge in [0.25, 0.3) is 5.91 Å². The Balaban J connectivity index is 1.51. The predicted molar refractivity (Wildman–Crippen MR) is 85.0 cm³/mol. The van der Waals surface area contributed by atoms with Gasteiger partial charge in [0, 0.05) is 52.2 Å². The smallest absolute Gasteiger partial charge is 0.255 e. The Hall–Kier alpha value is -1.59. The zero-order chi connectivity index (χ0) is 15.7. The highest BCUT2D eigenvalue weighted by atomic mass is 35.5. The Morgan fingerprint density at radius 3 is 2.27 bits per heavy atom. The molecule has 0 bridgehead atoms. The van der Waals surface area contributed by atoms with Gasteiger partial charge in [-0.2, -0.15) is 0 Å². The minimum absolute atomic E-state index is 0.00391. The molecule has 22 heavy (non-hydrogen) atoms. The summed E-state index contributed by atoms with van der Waals surface area (Å²) in [6.45, 7) is 6.43. The summed E-state index contributed by atoms with van der Waals surface area (Å²) in [5.74, 6) is 0.146. The molecule has 0 radical (unpaired) electrons. The number of halogens is 1. The number of hydrogen-bond donors (Lipinski definition) is 0. The largest absolute Gasteiger partial charge is 0.340 e. The van der Waals surface area contributed by atoms with Crippen molar-refractivity contribution in [2.24, 2.45) is 0 Å². The van der Waals surface area contributed by atoms with Crippen LogP contribution in [0.15, 0.2) is 24.3 Å². The fourth-order valence-corrected chi connectivity index (χ4v) is 3.28. The van der Waals surface area contributed by atoms with E-state index in [9.17, 15) is 9.59 Å². The molecule has 0 atom stereocenters. The van der Waals surface area contributed by atoms with Crippen LogP contribution in [0.1, 0.15) is 17.3 Å². The topological polar surface area (TPSA) is 43.9 Å². The molecule has 2 aliphatic rings. The number of nitrogens with zero attached hydrogens (tertiary/aromatic N) is 3. The molecule has 0 N–H and O–H groups in total. The van der Waals surface area contributed by atoms with E-state index in [0.717, 1.165) is 39.3 Å². The van der Waals surface area contributed by atoms with E-state index in [-0.39, 0.29) is 11.8 Å². The molecule has 118 valence electrons. The van der Waals surface area contributed by atoms with Gasteiger partial charge >= 0.3 is 0 Å². The minimum atomic E-state index is 0.00391. The van der Waals surface area contributed by atoms with Gasteiger partial charge in [-0.3, -0.25) is 14.5 Å². The molecule has 2 heterocycles. The minimum Gasteiger partial charge on any atom is -0.340 e. The van der Waals surface area contributed by atoms with Crippen LogP contribution in [0.3, 0.4) is 0 Å².